The normalized spacial score (nSPS) is 16.0. The van der Waals surface area contributed by atoms with Crippen molar-refractivity contribution in [3.05, 3.63) is 64.9 Å². The minimum absolute atomic E-state index is 0.0470. The number of rotatable bonds is 2. The van der Waals surface area contributed by atoms with E-state index in [4.69, 9.17) is 11.6 Å². The number of carbonyl (C=O) groups excluding carboxylic acids is 1. The number of piperidine rings is 1. The predicted octanol–water partition coefficient (Wildman–Crippen LogP) is 3.75. The molecule has 108 valence electrons. The lowest BCUT2D eigenvalue weighted by Crippen LogP contribution is -2.37. The van der Waals surface area contributed by atoms with Gasteiger partial charge in [-0.2, -0.15) is 0 Å². The number of nitrogens with zero attached hydrogens (tertiary/aromatic N) is 2. The second kappa shape index (κ2) is 6.27. The molecule has 1 amide bonds. The molecule has 2 heterocycles. The molecule has 0 spiro atoms. The number of amides is 1. The number of likely N-dealkylation sites (tertiary alicyclic amines) is 1. The zero-order valence-corrected chi connectivity index (χ0v) is 12.5. The van der Waals surface area contributed by atoms with Crippen LogP contribution in [0.3, 0.4) is 0 Å². The van der Waals surface area contributed by atoms with E-state index in [1.165, 1.54) is 5.56 Å². The van der Waals surface area contributed by atoms with Crippen LogP contribution in [0.1, 0.15) is 34.7 Å². The zero-order valence-electron chi connectivity index (χ0n) is 11.7. The van der Waals surface area contributed by atoms with E-state index in [1.54, 1.807) is 18.3 Å². The minimum Gasteiger partial charge on any atom is -0.339 e. The van der Waals surface area contributed by atoms with Crippen molar-refractivity contribution in [3.63, 3.8) is 0 Å². The van der Waals surface area contributed by atoms with E-state index >= 15 is 0 Å². The average Bonchev–Trinajstić information content (AvgIpc) is 2.55. The lowest BCUT2D eigenvalue weighted by molar-refractivity contribution is 0.0713. The maximum Gasteiger partial charge on any atom is 0.254 e. The molecule has 0 aliphatic carbocycles. The molecule has 0 radical (unpaired) electrons. The van der Waals surface area contributed by atoms with Crippen molar-refractivity contribution in [1.29, 1.82) is 0 Å². The molecule has 0 N–H and O–H groups in total. The van der Waals surface area contributed by atoms with Crippen LogP contribution < -0.4 is 0 Å². The predicted molar refractivity (Wildman–Crippen MR) is 83.6 cm³/mol. The van der Waals surface area contributed by atoms with Crippen LogP contribution in [-0.2, 0) is 0 Å². The summed E-state index contributed by atoms with van der Waals surface area (Å²) in [6, 6.07) is 13.9. The Labute approximate surface area is 129 Å². The maximum absolute atomic E-state index is 12.4. The van der Waals surface area contributed by atoms with Crippen LogP contribution in [0, 0.1) is 0 Å². The quantitative estimate of drug-likeness (QED) is 0.791. The summed E-state index contributed by atoms with van der Waals surface area (Å²) in [4.78, 5) is 18.3. The molecule has 0 atom stereocenters. The first-order valence-electron chi connectivity index (χ1n) is 7.20. The fourth-order valence-corrected chi connectivity index (χ4v) is 3.03. The number of benzene rings is 1. The molecule has 1 aromatic heterocycles. The number of hydrogen-bond acceptors (Lipinski definition) is 2. The monoisotopic (exact) mass is 300 g/mol. The van der Waals surface area contributed by atoms with E-state index in [1.807, 2.05) is 11.0 Å². The van der Waals surface area contributed by atoms with Crippen LogP contribution in [0.4, 0.5) is 0 Å². The highest BCUT2D eigenvalue weighted by molar-refractivity contribution is 6.29. The second-order valence-corrected chi connectivity index (χ2v) is 5.73. The van der Waals surface area contributed by atoms with Gasteiger partial charge in [0.25, 0.3) is 5.91 Å². The van der Waals surface area contributed by atoms with Gasteiger partial charge in [0, 0.05) is 24.8 Å². The van der Waals surface area contributed by atoms with Gasteiger partial charge in [-0.25, -0.2) is 4.98 Å². The summed E-state index contributed by atoms with van der Waals surface area (Å²) in [7, 11) is 0. The van der Waals surface area contributed by atoms with Gasteiger partial charge in [0.15, 0.2) is 0 Å². The third-order valence-corrected chi connectivity index (χ3v) is 4.23. The molecule has 1 aliphatic rings. The summed E-state index contributed by atoms with van der Waals surface area (Å²) in [6.45, 7) is 1.58. The Hall–Kier alpha value is -1.87. The smallest absolute Gasteiger partial charge is 0.254 e. The van der Waals surface area contributed by atoms with Crippen LogP contribution in [0.2, 0.25) is 5.15 Å². The lowest BCUT2D eigenvalue weighted by Gasteiger charge is -2.32. The van der Waals surface area contributed by atoms with Crippen molar-refractivity contribution >= 4 is 17.5 Å². The minimum atomic E-state index is 0.0470. The van der Waals surface area contributed by atoms with Gasteiger partial charge in [-0.3, -0.25) is 4.79 Å². The molecule has 21 heavy (non-hydrogen) atoms. The van der Waals surface area contributed by atoms with Crippen LogP contribution in [0.15, 0.2) is 48.7 Å². The fourth-order valence-electron chi connectivity index (χ4n) is 2.86. The molecular weight excluding hydrogens is 284 g/mol. The van der Waals surface area contributed by atoms with Gasteiger partial charge < -0.3 is 4.90 Å². The molecule has 4 heteroatoms. The second-order valence-electron chi connectivity index (χ2n) is 5.34. The van der Waals surface area contributed by atoms with E-state index in [-0.39, 0.29) is 5.91 Å². The maximum atomic E-state index is 12.4. The molecular formula is C17H17ClN2O. The molecule has 1 fully saturated rings. The van der Waals surface area contributed by atoms with Crippen molar-refractivity contribution in [1.82, 2.24) is 9.88 Å². The van der Waals surface area contributed by atoms with Crippen molar-refractivity contribution in [2.24, 2.45) is 0 Å². The third kappa shape index (κ3) is 3.24. The van der Waals surface area contributed by atoms with E-state index in [0.29, 0.717) is 16.6 Å². The fraction of sp³-hybridized carbons (Fsp3) is 0.294. The molecule has 2 aromatic rings. The van der Waals surface area contributed by atoms with Gasteiger partial charge in [-0.1, -0.05) is 41.9 Å². The molecule has 3 rings (SSSR count). The highest BCUT2D eigenvalue weighted by atomic mass is 35.5. The van der Waals surface area contributed by atoms with E-state index in [9.17, 15) is 4.79 Å². The van der Waals surface area contributed by atoms with Gasteiger partial charge in [0.2, 0.25) is 0 Å². The standard InChI is InChI=1S/C17H17ClN2O/c18-16-12-15(6-9-19-16)17(21)20-10-7-14(8-11-20)13-4-2-1-3-5-13/h1-6,9,12,14H,7-8,10-11H2. The summed E-state index contributed by atoms with van der Waals surface area (Å²) >= 11 is 5.85. The first-order chi connectivity index (χ1) is 10.2. The summed E-state index contributed by atoms with van der Waals surface area (Å²) < 4.78 is 0. The highest BCUT2D eigenvalue weighted by Gasteiger charge is 2.24. The summed E-state index contributed by atoms with van der Waals surface area (Å²) in [5, 5.41) is 0.361. The van der Waals surface area contributed by atoms with Crippen LogP contribution in [0.5, 0.6) is 0 Å². The SMILES string of the molecule is O=C(c1ccnc(Cl)c1)N1CCC(c2ccccc2)CC1. The summed E-state index contributed by atoms with van der Waals surface area (Å²) in [5.41, 5.74) is 1.99. The molecule has 1 aromatic carbocycles. The van der Waals surface area contributed by atoms with E-state index < -0.39 is 0 Å². The van der Waals surface area contributed by atoms with Crippen LogP contribution >= 0.6 is 11.6 Å². The number of halogens is 1. The molecule has 0 unspecified atom stereocenters. The van der Waals surface area contributed by atoms with Crippen LogP contribution in [-0.4, -0.2) is 28.9 Å². The molecule has 0 bridgehead atoms. The van der Waals surface area contributed by atoms with Crippen molar-refractivity contribution < 1.29 is 4.79 Å². The van der Waals surface area contributed by atoms with Gasteiger partial charge in [-0.05, 0) is 36.5 Å². The van der Waals surface area contributed by atoms with Gasteiger partial charge in [-0.15, -0.1) is 0 Å². The number of carbonyl (C=O) groups is 1. The number of hydrogen-bond donors (Lipinski definition) is 0. The number of pyridine rings is 1. The topological polar surface area (TPSA) is 33.2 Å². The van der Waals surface area contributed by atoms with Gasteiger partial charge in [0.1, 0.15) is 5.15 Å². The van der Waals surface area contributed by atoms with Crippen molar-refractivity contribution in [2.75, 3.05) is 13.1 Å². The largest absolute Gasteiger partial charge is 0.339 e. The Kier molecular flexibility index (Phi) is 4.20. The molecule has 3 nitrogen and oxygen atoms in total. The molecule has 1 aliphatic heterocycles. The van der Waals surface area contributed by atoms with Crippen LogP contribution in [0.25, 0.3) is 0 Å². The summed E-state index contributed by atoms with van der Waals surface area (Å²) in [6.07, 6.45) is 3.59. The average molecular weight is 301 g/mol. The van der Waals surface area contributed by atoms with E-state index in [2.05, 4.69) is 29.2 Å². The first-order valence-corrected chi connectivity index (χ1v) is 7.57. The van der Waals surface area contributed by atoms with Crippen molar-refractivity contribution in [2.45, 2.75) is 18.8 Å². The third-order valence-electron chi connectivity index (χ3n) is 4.03. The molecule has 1 saturated heterocycles. The first kappa shape index (κ1) is 14.1. The number of aromatic nitrogens is 1. The highest BCUT2D eigenvalue weighted by Crippen LogP contribution is 2.28. The van der Waals surface area contributed by atoms with E-state index in [0.717, 1.165) is 25.9 Å². The Balaban J connectivity index is 1.64. The zero-order chi connectivity index (χ0) is 14.7. The Morgan fingerprint density at radius 3 is 2.52 bits per heavy atom. The lowest BCUT2D eigenvalue weighted by atomic mass is 9.89. The molecule has 0 saturated carbocycles. The Bertz CT molecular complexity index is 622. The van der Waals surface area contributed by atoms with Crippen molar-refractivity contribution in [3.8, 4) is 0 Å². The Morgan fingerprint density at radius 1 is 1.14 bits per heavy atom. The summed E-state index contributed by atoms with van der Waals surface area (Å²) in [5.74, 6) is 0.599. The van der Waals surface area contributed by atoms with Gasteiger partial charge in [0.05, 0.1) is 0 Å². The van der Waals surface area contributed by atoms with Gasteiger partial charge >= 0.3 is 0 Å². The Morgan fingerprint density at radius 2 is 1.86 bits per heavy atom.